The van der Waals surface area contributed by atoms with Crippen molar-refractivity contribution in [2.75, 3.05) is 0 Å². The van der Waals surface area contributed by atoms with Gasteiger partial charge in [-0.15, -0.1) is 0 Å². The highest BCUT2D eigenvalue weighted by atomic mass is 15.2. The molecular formula is C46H42N4. The van der Waals surface area contributed by atoms with Crippen LogP contribution in [-0.2, 0) is 19.4 Å². The lowest BCUT2D eigenvalue weighted by molar-refractivity contribution is 0.241. The lowest BCUT2D eigenvalue weighted by Crippen LogP contribution is -2.40. The van der Waals surface area contributed by atoms with Crippen molar-refractivity contribution in [3.8, 4) is 12.1 Å². The second-order valence-corrected chi connectivity index (χ2v) is 14.7. The number of rotatable bonds is 5. The normalized spacial score (nSPS) is 28.4. The van der Waals surface area contributed by atoms with Gasteiger partial charge in [0.05, 0.1) is 35.7 Å². The average molecular weight is 651 g/mol. The van der Waals surface area contributed by atoms with Gasteiger partial charge in [-0.25, -0.2) is 0 Å². The summed E-state index contributed by atoms with van der Waals surface area (Å²) in [7, 11) is 0. The van der Waals surface area contributed by atoms with E-state index in [0.29, 0.717) is 12.0 Å². The molecule has 1 aliphatic heterocycles. The van der Waals surface area contributed by atoms with Crippen molar-refractivity contribution in [1.29, 1.82) is 10.5 Å². The fraction of sp³-hybridized carbons (Fsp3) is 0.304. The molecule has 4 heteroatoms. The highest BCUT2D eigenvalue weighted by molar-refractivity contribution is 5.76. The number of fused-ring (bicyclic) bond motifs is 5. The van der Waals surface area contributed by atoms with Crippen molar-refractivity contribution in [2.24, 2.45) is 23.7 Å². The Morgan fingerprint density at radius 3 is 2.36 bits per heavy atom. The zero-order chi connectivity index (χ0) is 33.8. The van der Waals surface area contributed by atoms with Crippen LogP contribution in [0.25, 0.3) is 17.7 Å². The minimum atomic E-state index is -0.0621. The first-order valence-electron chi connectivity index (χ1n) is 18.4. The van der Waals surface area contributed by atoms with E-state index in [1.807, 2.05) is 6.07 Å². The van der Waals surface area contributed by atoms with Gasteiger partial charge >= 0.3 is 0 Å². The fourth-order valence-electron chi connectivity index (χ4n) is 9.71. The average Bonchev–Trinajstić information content (AvgIpc) is 3.67. The quantitative estimate of drug-likeness (QED) is 0.324. The number of nitrogens with zero attached hydrogens (tertiary/aromatic N) is 4. The molecule has 0 saturated heterocycles. The molecule has 0 N–H and O–H groups in total. The molecule has 246 valence electrons. The van der Waals surface area contributed by atoms with Gasteiger partial charge in [0.2, 0.25) is 0 Å². The van der Waals surface area contributed by atoms with Crippen molar-refractivity contribution >= 4 is 17.7 Å². The molecule has 0 spiro atoms. The van der Waals surface area contributed by atoms with Gasteiger partial charge in [-0.3, -0.25) is 0 Å². The third-order valence-electron chi connectivity index (χ3n) is 12.1. The second-order valence-electron chi connectivity index (χ2n) is 14.7. The Morgan fingerprint density at radius 1 is 0.840 bits per heavy atom. The summed E-state index contributed by atoms with van der Waals surface area (Å²) in [6.07, 6.45) is 42.6. The first-order valence-corrected chi connectivity index (χ1v) is 18.4. The number of nitriles is 2. The zero-order valence-corrected chi connectivity index (χ0v) is 28.7. The largest absolute Gasteiger partial charge is 0.360 e. The number of allylic oxidation sites excluding steroid dienone is 13. The van der Waals surface area contributed by atoms with E-state index in [4.69, 9.17) is 0 Å². The van der Waals surface area contributed by atoms with E-state index in [1.165, 1.54) is 50.5 Å². The lowest BCUT2D eigenvalue weighted by atomic mass is 9.74. The van der Waals surface area contributed by atoms with Crippen LogP contribution >= 0.6 is 0 Å². The molecule has 50 heavy (non-hydrogen) atoms. The Labute approximate surface area is 296 Å². The molecule has 5 unspecified atom stereocenters. The van der Waals surface area contributed by atoms with Gasteiger partial charge in [0.1, 0.15) is 0 Å². The number of hydrogen-bond acceptors (Lipinski definition) is 3. The Bertz CT molecular complexity index is 2130. The van der Waals surface area contributed by atoms with Crippen molar-refractivity contribution in [3.05, 3.63) is 159 Å². The molecule has 0 saturated carbocycles. The molecule has 4 nitrogen and oxygen atoms in total. The van der Waals surface area contributed by atoms with Crippen LogP contribution in [0.15, 0.2) is 120 Å². The molecule has 0 fully saturated rings. The second kappa shape index (κ2) is 12.5. The number of benzene rings is 1. The van der Waals surface area contributed by atoms with Crippen LogP contribution in [0, 0.1) is 46.3 Å². The molecular weight excluding hydrogens is 609 g/mol. The van der Waals surface area contributed by atoms with Gasteiger partial charge in [-0.05, 0) is 71.9 Å². The molecule has 9 rings (SSSR count). The summed E-state index contributed by atoms with van der Waals surface area (Å²) in [6, 6.07) is 11.9. The van der Waals surface area contributed by atoms with E-state index in [2.05, 4.69) is 138 Å². The Kier molecular flexibility index (Phi) is 7.70. The van der Waals surface area contributed by atoms with Crippen molar-refractivity contribution in [1.82, 2.24) is 9.47 Å². The SMILES string of the molecule is C[C@@H]1C(c2cccc(C#N)c2Cn2c3c(c4c2CCC=C4)C=CCC3)=CC=CC1C1=CCC(N2C3=C(C=CC(C#N)C3)C3C=CC=CC32)C=C1. The smallest absolute Gasteiger partial charge is 0.0995 e. The summed E-state index contributed by atoms with van der Waals surface area (Å²) in [6.45, 7) is 3.08. The van der Waals surface area contributed by atoms with Crippen LogP contribution in [-0.4, -0.2) is 21.6 Å². The van der Waals surface area contributed by atoms with Crippen LogP contribution in [0.3, 0.4) is 0 Å². The summed E-state index contributed by atoms with van der Waals surface area (Å²) in [5.74, 6) is 0.808. The van der Waals surface area contributed by atoms with E-state index >= 15 is 0 Å². The van der Waals surface area contributed by atoms with Crippen LogP contribution < -0.4 is 0 Å². The van der Waals surface area contributed by atoms with E-state index in [9.17, 15) is 10.5 Å². The molecule has 6 atom stereocenters. The summed E-state index contributed by atoms with van der Waals surface area (Å²) < 4.78 is 2.55. The molecule has 0 radical (unpaired) electrons. The predicted octanol–water partition coefficient (Wildman–Crippen LogP) is 9.57. The van der Waals surface area contributed by atoms with E-state index < -0.39 is 0 Å². The third-order valence-corrected chi connectivity index (χ3v) is 12.1. The molecule has 0 amide bonds. The molecule has 2 heterocycles. The van der Waals surface area contributed by atoms with Gasteiger partial charge in [-0.2, -0.15) is 10.5 Å². The summed E-state index contributed by atoms with van der Waals surface area (Å²) >= 11 is 0. The van der Waals surface area contributed by atoms with Gasteiger partial charge in [0.15, 0.2) is 0 Å². The maximum absolute atomic E-state index is 10.4. The van der Waals surface area contributed by atoms with Gasteiger partial charge in [0.25, 0.3) is 0 Å². The lowest BCUT2D eigenvalue weighted by Gasteiger charge is -2.38. The standard InChI is InChI=1S/C46H42N4/c1-30-35(32-21-23-34(24-22-32)50-45-19-7-4-13-40(45)41-25-20-31(27-47)26-46(41)50)14-9-15-36(30)37-16-8-10-33(28-48)42(37)29-49-43-17-5-2-11-38(43)39-12-3-6-18-44(39)49/h2-4,7-16,19-23,25,30-31,34-35,40,45H,5-6,17-18,24,26,29H2,1H3/t30-,31?,34?,35?,40?,45?/m0/s1. The minimum absolute atomic E-state index is 0.0621. The van der Waals surface area contributed by atoms with Gasteiger partial charge in [-0.1, -0.05) is 116 Å². The van der Waals surface area contributed by atoms with E-state index in [1.54, 1.807) is 0 Å². The number of aromatic nitrogens is 1. The van der Waals surface area contributed by atoms with Crippen LogP contribution in [0.5, 0.6) is 0 Å². The van der Waals surface area contributed by atoms with Crippen LogP contribution in [0.1, 0.15) is 71.8 Å². The third kappa shape index (κ3) is 4.93. The highest BCUT2D eigenvalue weighted by Gasteiger charge is 2.42. The molecule has 1 aromatic heterocycles. The number of hydrogen-bond donors (Lipinski definition) is 0. The summed E-state index contributed by atoms with van der Waals surface area (Å²) in [5, 5.41) is 20.1. The predicted molar refractivity (Wildman–Crippen MR) is 202 cm³/mol. The Balaban J connectivity index is 0.998. The zero-order valence-electron chi connectivity index (χ0n) is 28.7. The maximum Gasteiger partial charge on any atom is 0.0995 e. The molecule has 0 bridgehead atoms. The first-order chi connectivity index (χ1) is 24.6. The van der Waals surface area contributed by atoms with Crippen molar-refractivity contribution < 1.29 is 0 Å². The van der Waals surface area contributed by atoms with Gasteiger partial charge < -0.3 is 9.47 Å². The molecule has 1 aromatic carbocycles. The topological polar surface area (TPSA) is 55.8 Å². The Morgan fingerprint density at radius 2 is 1.62 bits per heavy atom. The molecule has 7 aliphatic rings. The fourth-order valence-corrected chi connectivity index (χ4v) is 9.71. The van der Waals surface area contributed by atoms with E-state index in [0.717, 1.165) is 56.2 Å². The van der Waals surface area contributed by atoms with Gasteiger partial charge in [0, 0.05) is 53.0 Å². The summed E-state index contributed by atoms with van der Waals surface area (Å²) in [5.41, 5.74) is 14.1. The van der Waals surface area contributed by atoms with E-state index in [-0.39, 0.29) is 23.8 Å². The minimum Gasteiger partial charge on any atom is -0.360 e. The molecule has 2 aromatic rings. The molecule has 6 aliphatic carbocycles. The maximum atomic E-state index is 10.4. The van der Waals surface area contributed by atoms with Crippen molar-refractivity contribution in [3.63, 3.8) is 0 Å². The monoisotopic (exact) mass is 650 g/mol. The summed E-state index contributed by atoms with van der Waals surface area (Å²) in [4.78, 5) is 2.60. The van der Waals surface area contributed by atoms with Crippen molar-refractivity contribution in [2.45, 2.75) is 64.1 Å². The Hall–Kier alpha value is -5.32. The highest BCUT2D eigenvalue weighted by Crippen LogP contribution is 2.47. The van der Waals surface area contributed by atoms with Crippen LogP contribution in [0.2, 0.25) is 0 Å². The van der Waals surface area contributed by atoms with Crippen LogP contribution in [0.4, 0.5) is 0 Å². The first kappa shape index (κ1) is 30.7.